The molecule has 1 N–H and O–H groups in total. The van der Waals surface area contributed by atoms with E-state index in [9.17, 15) is 4.79 Å². The molecule has 0 saturated carbocycles. The van der Waals surface area contributed by atoms with Crippen LogP contribution in [0.2, 0.25) is 0 Å². The summed E-state index contributed by atoms with van der Waals surface area (Å²) in [5.41, 5.74) is 7.95. The molecule has 1 aromatic carbocycles. The van der Waals surface area contributed by atoms with Crippen LogP contribution in [0.3, 0.4) is 0 Å². The van der Waals surface area contributed by atoms with Gasteiger partial charge < -0.3 is 14.8 Å². The number of amides is 1. The van der Waals surface area contributed by atoms with Crippen LogP contribution >= 0.6 is 0 Å². The number of terminal acetylenes is 1. The fourth-order valence-corrected chi connectivity index (χ4v) is 5.84. The topological polar surface area (TPSA) is 42.6 Å². The smallest absolute Gasteiger partial charge is 0.236 e. The van der Waals surface area contributed by atoms with Crippen LogP contribution in [0.5, 0.6) is 0 Å². The number of H-pyrrole nitrogens is 1. The molecule has 0 radical (unpaired) electrons. The van der Waals surface area contributed by atoms with Crippen LogP contribution in [0.1, 0.15) is 82.5 Å². The first-order valence-electron chi connectivity index (χ1n) is 14.3. The van der Waals surface area contributed by atoms with Crippen molar-refractivity contribution in [3.05, 3.63) is 52.7 Å². The molecule has 4 rings (SSSR count). The predicted octanol–water partition coefficient (Wildman–Crippen LogP) is 6.25. The van der Waals surface area contributed by atoms with E-state index < -0.39 is 0 Å². The Bertz CT molecular complexity index is 1150. The third kappa shape index (κ3) is 7.18. The van der Waals surface area contributed by atoms with E-state index in [4.69, 9.17) is 0 Å². The van der Waals surface area contributed by atoms with E-state index in [-0.39, 0.29) is 0 Å². The van der Waals surface area contributed by atoms with Crippen LogP contribution < -0.4 is 0 Å². The van der Waals surface area contributed by atoms with Gasteiger partial charge in [-0.15, -0.1) is 12.8 Å². The third-order valence-corrected chi connectivity index (χ3v) is 7.87. The van der Waals surface area contributed by atoms with E-state index in [0.29, 0.717) is 24.3 Å². The van der Waals surface area contributed by atoms with Crippen molar-refractivity contribution in [2.24, 2.45) is 0 Å². The monoisotopic (exact) mass is 516 g/mol. The lowest BCUT2D eigenvalue weighted by atomic mass is 9.87. The number of likely N-dealkylation sites (N-methyl/N-ethyl adjacent to an activating group) is 1. The van der Waals surface area contributed by atoms with Crippen molar-refractivity contribution in [3.63, 3.8) is 0 Å². The molecule has 1 amide bonds. The van der Waals surface area contributed by atoms with Gasteiger partial charge in [-0.05, 0) is 80.8 Å². The number of allylic oxidation sites excluding steroid dienone is 4. The SMILES string of the molecule is C#C.CC/C=C(\C=C(C)C)c1[nH]c2ccc(C3CCN(C(=O)CN4CCN(C)CC4)CC3)cc2c1C(C)C. The fourth-order valence-electron chi connectivity index (χ4n) is 5.84. The van der Waals surface area contributed by atoms with Crippen molar-refractivity contribution in [1.82, 2.24) is 19.7 Å². The second-order valence-electron chi connectivity index (χ2n) is 11.4. The number of aromatic nitrogens is 1. The van der Waals surface area contributed by atoms with Gasteiger partial charge in [-0.1, -0.05) is 44.6 Å². The number of aromatic amines is 1. The molecule has 3 heterocycles. The standard InChI is InChI=1S/C31H46N4O.C2H2/c1-7-8-26(19-22(2)3)31-30(23(4)5)27-20-25(9-10-28(27)32-31)24-11-13-35(14-12-24)29(36)21-34-17-15-33(6)16-18-34;1-2/h8-10,19-20,23-24,32H,7,11-18,21H2,1-6H3;1-2H/b26-8+;. The number of benzene rings is 1. The number of fused-ring (bicyclic) bond motifs is 1. The molecular weight excluding hydrogens is 468 g/mol. The van der Waals surface area contributed by atoms with Gasteiger partial charge in [0, 0.05) is 55.9 Å². The van der Waals surface area contributed by atoms with Gasteiger partial charge in [-0.25, -0.2) is 0 Å². The molecule has 0 spiro atoms. The zero-order valence-electron chi connectivity index (χ0n) is 24.5. The van der Waals surface area contributed by atoms with E-state index in [2.05, 4.69) is 105 Å². The van der Waals surface area contributed by atoms with Crippen molar-refractivity contribution in [2.45, 2.75) is 65.7 Å². The van der Waals surface area contributed by atoms with Crippen molar-refractivity contribution in [3.8, 4) is 12.8 Å². The van der Waals surface area contributed by atoms with Crippen molar-refractivity contribution < 1.29 is 4.79 Å². The molecule has 0 atom stereocenters. The molecule has 206 valence electrons. The Balaban J connectivity index is 0.00000195. The summed E-state index contributed by atoms with van der Waals surface area (Å²) < 4.78 is 0. The summed E-state index contributed by atoms with van der Waals surface area (Å²) in [6, 6.07) is 7.02. The summed E-state index contributed by atoms with van der Waals surface area (Å²) in [6.07, 6.45) is 15.7. The number of likely N-dealkylation sites (tertiary alicyclic amines) is 1. The molecule has 0 bridgehead atoms. The molecule has 38 heavy (non-hydrogen) atoms. The molecule has 5 heteroatoms. The summed E-state index contributed by atoms with van der Waals surface area (Å²) >= 11 is 0. The second kappa shape index (κ2) is 13.8. The highest BCUT2D eigenvalue weighted by Gasteiger charge is 2.27. The van der Waals surface area contributed by atoms with Gasteiger partial charge in [-0.2, -0.15) is 0 Å². The summed E-state index contributed by atoms with van der Waals surface area (Å²) in [5.74, 6) is 1.26. The van der Waals surface area contributed by atoms with E-state index in [1.54, 1.807) is 0 Å². The number of carbonyl (C=O) groups excluding carboxylic acids is 1. The fraction of sp³-hybridized carbons (Fsp3) is 0.545. The maximum atomic E-state index is 12.9. The van der Waals surface area contributed by atoms with Gasteiger partial charge in [-0.3, -0.25) is 9.69 Å². The van der Waals surface area contributed by atoms with E-state index in [1.165, 1.54) is 38.9 Å². The van der Waals surface area contributed by atoms with Gasteiger partial charge in [0.2, 0.25) is 5.91 Å². The molecule has 2 fully saturated rings. The van der Waals surface area contributed by atoms with E-state index in [0.717, 1.165) is 58.5 Å². The van der Waals surface area contributed by atoms with Crippen LogP contribution in [0.25, 0.3) is 16.5 Å². The normalized spacial score (nSPS) is 17.9. The number of rotatable bonds is 7. The largest absolute Gasteiger partial charge is 0.354 e. The molecule has 2 saturated heterocycles. The Hall–Kier alpha value is -2.81. The Morgan fingerprint density at radius 2 is 1.74 bits per heavy atom. The van der Waals surface area contributed by atoms with Crippen LogP contribution in [0.4, 0.5) is 0 Å². The first kappa shape index (κ1) is 29.7. The lowest BCUT2D eigenvalue weighted by Crippen LogP contribution is -2.50. The number of carbonyl (C=O) groups is 1. The van der Waals surface area contributed by atoms with Crippen LogP contribution in [-0.2, 0) is 4.79 Å². The quantitative estimate of drug-likeness (QED) is 0.349. The highest BCUT2D eigenvalue weighted by Crippen LogP contribution is 2.37. The number of piperazine rings is 1. The number of nitrogens with one attached hydrogen (secondary N) is 1. The number of piperidine rings is 1. The lowest BCUT2D eigenvalue weighted by Gasteiger charge is -2.36. The summed E-state index contributed by atoms with van der Waals surface area (Å²) in [4.78, 5) is 23.4. The van der Waals surface area contributed by atoms with E-state index in [1.807, 2.05) is 0 Å². The first-order valence-corrected chi connectivity index (χ1v) is 14.3. The molecule has 0 unspecified atom stereocenters. The van der Waals surface area contributed by atoms with Gasteiger partial charge in [0.25, 0.3) is 0 Å². The van der Waals surface area contributed by atoms with Crippen molar-refractivity contribution >= 4 is 22.4 Å². The summed E-state index contributed by atoms with van der Waals surface area (Å²) in [6.45, 7) is 17.6. The van der Waals surface area contributed by atoms with Gasteiger partial charge >= 0.3 is 0 Å². The molecule has 1 aromatic heterocycles. The highest BCUT2D eigenvalue weighted by molar-refractivity contribution is 5.92. The summed E-state index contributed by atoms with van der Waals surface area (Å²) in [5, 5.41) is 1.36. The highest BCUT2D eigenvalue weighted by atomic mass is 16.2. The molecule has 2 aromatic rings. The van der Waals surface area contributed by atoms with Gasteiger partial charge in [0.15, 0.2) is 0 Å². The van der Waals surface area contributed by atoms with Crippen molar-refractivity contribution in [1.29, 1.82) is 0 Å². The number of hydrogen-bond donors (Lipinski definition) is 1. The minimum Gasteiger partial charge on any atom is -0.354 e. The molecule has 5 nitrogen and oxygen atoms in total. The predicted molar refractivity (Wildman–Crippen MR) is 162 cm³/mol. The zero-order valence-corrected chi connectivity index (χ0v) is 24.5. The second-order valence-corrected chi connectivity index (χ2v) is 11.4. The van der Waals surface area contributed by atoms with Gasteiger partial charge in [0.05, 0.1) is 6.54 Å². The minimum atomic E-state index is 0.306. The van der Waals surface area contributed by atoms with Crippen LogP contribution in [0, 0.1) is 12.8 Å². The lowest BCUT2D eigenvalue weighted by molar-refractivity contribution is -0.133. The van der Waals surface area contributed by atoms with E-state index >= 15 is 0 Å². The summed E-state index contributed by atoms with van der Waals surface area (Å²) in [7, 11) is 2.16. The number of nitrogens with zero attached hydrogens (tertiary/aromatic N) is 3. The molecule has 2 aliphatic rings. The average molecular weight is 517 g/mol. The van der Waals surface area contributed by atoms with Crippen LogP contribution in [-0.4, -0.2) is 78.5 Å². The zero-order chi connectivity index (χ0) is 27.8. The van der Waals surface area contributed by atoms with Crippen molar-refractivity contribution in [2.75, 3.05) is 52.9 Å². The Morgan fingerprint density at radius 1 is 1.08 bits per heavy atom. The number of hydrogen-bond acceptors (Lipinski definition) is 3. The molecular formula is C33H48N4O. The average Bonchev–Trinajstić information content (AvgIpc) is 3.30. The molecule has 2 aliphatic heterocycles. The Kier molecular flexibility index (Phi) is 10.8. The minimum absolute atomic E-state index is 0.306. The third-order valence-electron chi connectivity index (χ3n) is 7.87. The maximum Gasteiger partial charge on any atom is 0.236 e. The Morgan fingerprint density at radius 3 is 2.32 bits per heavy atom. The molecule has 0 aliphatic carbocycles. The van der Waals surface area contributed by atoms with Gasteiger partial charge in [0.1, 0.15) is 0 Å². The van der Waals surface area contributed by atoms with Crippen LogP contribution in [0.15, 0.2) is 35.9 Å². The first-order chi connectivity index (χ1) is 18.3. The Labute approximate surface area is 231 Å². The maximum absolute atomic E-state index is 12.9.